The Kier molecular flexibility index (Phi) is 6.22. The van der Waals surface area contributed by atoms with Crippen molar-refractivity contribution in [1.29, 1.82) is 0 Å². The summed E-state index contributed by atoms with van der Waals surface area (Å²) in [4.78, 5) is 36.6. The normalized spacial score (nSPS) is 15.4. The Bertz CT molecular complexity index is 1220. The second-order valence-corrected chi connectivity index (χ2v) is 8.83. The Hall–Kier alpha value is -4.14. The fourth-order valence-corrected chi connectivity index (χ4v) is 4.75. The van der Waals surface area contributed by atoms with Crippen LogP contribution in [0.5, 0.6) is 0 Å². The Labute approximate surface area is 201 Å². The van der Waals surface area contributed by atoms with E-state index < -0.39 is 24.0 Å². The largest absolute Gasteiger partial charge is 0.480 e. The van der Waals surface area contributed by atoms with Gasteiger partial charge in [0.15, 0.2) is 0 Å². The Morgan fingerprint density at radius 2 is 1.71 bits per heavy atom. The third kappa shape index (κ3) is 4.49. The van der Waals surface area contributed by atoms with Crippen LogP contribution in [0.1, 0.15) is 52.4 Å². The summed E-state index contributed by atoms with van der Waals surface area (Å²) in [5, 5.41) is 18.4. The van der Waals surface area contributed by atoms with Crippen molar-refractivity contribution in [3.63, 3.8) is 0 Å². The number of aliphatic carboxylic acids is 1. The van der Waals surface area contributed by atoms with Gasteiger partial charge in [0.1, 0.15) is 30.2 Å². The summed E-state index contributed by atoms with van der Waals surface area (Å²) in [6, 6.07) is 15.1. The molecule has 1 fully saturated rings. The lowest BCUT2D eigenvalue weighted by Crippen LogP contribution is -2.48. The predicted octanol–water partition coefficient (Wildman–Crippen LogP) is 3.70. The van der Waals surface area contributed by atoms with Crippen LogP contribution in [-0.2, 0) is 16.1 Å². The lowest BCUT2D eigenvalue weighted by Gasteiger charge is -2.31. The molecular formula is C26H25N3O6. The second kappa shape index (κ2) is 9.61. The minimum atomic E-state index is -1.07. The molecule has 5 rings (SSSR count). The summed E-state index contributed by atoms with van der Waals surface area (Å²) in [6.45, 7) is 0.0603. The third-order valence-corrected chi connectivity index (χ3v) is 6.81. The van der Waals surface area contributed by atoms with E-state index in [9.17, 15) is 19.5 Å². The molecule has 2 aliphatic rings. The molecule has 0 spiro atoms. The van der Waals surface area contributed by atoms with Crippen molar-refractivity contribution < 1.29 is 28.8 Å². The Morgan fingerprint density at radius 3 is 2.31 bits per heavy atom. The van der Waals surface area contributed by atoms with E-state index in [2.05, 4.69) is 27.9 Å². The number of hydrogen-bond acceptors (Lipinski definition) is 6. The first kappa shape index (κ1) is 22.6. The van der Waals surface area contributed by atoms with Crippen molar-refractivity contribution in [3.8, 4) is 11.1 Å². The number of hydrogen-bond donors (Lipinski definition) is 3. The van der Waals surface area contributed by atoms with Gasteiger partial charge in [-0.15, -0.1) is 0 Å². The predicted molar refractivity (Wildman–Crippen MR) is 125 cm³/mol. The van der Waals surface area contributed by atoms with Gasteiger partial charge in [-0.2, -0.15) is 0 Å². The van der Waals surface area contributed by atoms with Crippen molar-refractivity contribution >= 4 is 18.0 Å². The highest BCUT2D eigenvalue weighted by Gasteiger charge is 2.35. The lowest BCUT2D eigenvalue weighted by atomic mass is 9.79. The molecule has 0 saturated heterocycles. The lowest BCUT2D eigenvalue weighted by molar-refractivity contribution is -0.141. The SMILES string of the molecule is O=C(NCc1nocc1C(=O)NC(C(=O)O)C1CCC1)OCC1c2ccccc2-c2ccccc21. The van der Waals surface area contributed by atoms with E-state index >= 15 is 0 Å². The first-order chi connectivity index (χ1) is 17.0. The number of nitrogens with one attached hydrogen (secondary N) is 2. The van der Waals surface area contributed by atoms with Gasteiger partial charge < -0.3 is 25.0 Å². The van der Waals surface area contributed by atoms with E-state index in [1.807, 2.05) is 36.4 Å². The van der Waals surface area contributed by atoms with Gasteiger partial charge in [0.25, 0.3) is 5.91 Å². The molecule has 180 valence electrons. The number of aromatic nitrogens is 1. The van der Waals surface area contributed by atoms with Crippen molar-refractivity contribution in [1.82, 2.24) is 15.8 Å². The summed E-state index contributed by atoms with van der Waals surface area (Å²) in [6.07, 6.45) is 2.96. The molecule has 9 nitrogen and oxygen atoms in total. The van der Waals surface area contributed by atoms with Gasteiger partial charge in [-0.25, -0.2) is 9.59 Å². The van der Waals surface area contributed by atoms with Crippen LogP contribution in [-0.4, -0.2) is 40.9 Å². The summed E-state index contributed by atoms with van der Waals surface area (Å²) in [7, 11) is 0. The number of alkyl carbamates (subject to hydrolysis) is 1. The van der Waals surface area contributed by atoms with Gasteiger partial charge in [0, 0.05) is 5.92 Å². The molecule has 0 radical (unpaired) electrons. The Balaban J connectivity index is 1.18. The molecular weight excluding hydrogens is 450 g/mol. The van der Waals surface area contributed by atoms with Gasteiger partial charge in [-0.3, -0.25) is 4.79 Å². The van der Waals surface area contributed by atoms with Crippen LogP contribution in [0, 0.1) is 5.92 Å². The maximum absolute atomic E-state index is 12.6. The minimum Gasteiger partial charge on any atom is -0.480 e. The average molecular weight is 476 g/mol. The van der Waals surface area contributed by atoms with Gasteiger partial charge in [-0.1, -0.05) is 60.1 Å². The number of carbonyl (C=O) groups is 3. The maximum Gasteiger partial charge on any atom is 0.407 e. The van der Waals surface area contributed by atoms with Crippen LogP contribution in [0.25, 0.3) is 11.1 Å². The number of benzene rings is 2. The molecule has 1 atom stereocenters. The molecule has 3 N–H and O–H groups in total. The molecule has 2 aromatic carbocycles. The van der Waals surface area contributed by atoms with Crippen molar-refractivity contribution in [3.05, 3.63) is 77.2 Å². The van der Waals surface area contributed by atoms with E-state index in [4.69, 9.17) is 9.26 Å². The topological polar surface area (TPSA) is 131 Å². The smallest absolute Gasteiger partial charge is 0.407 e. The number of amides is 2. The van der Waals surface area contributed by atoms with Crippen LogP contribution in [0.4, 0.5) is 4.79 Å². The molecule has 9 heteroatoms. The number of carboxylic acids is 1. The van der Waals surface area contributed by atoms with E-state index in [1.165, 1.54) is 0 Å². The highest BCUT2D eigenvalue weighted by Crippen LogP contribution is 2.44. The highest BCUT2D eigenvalue weighted by molar-refractivity contribution is 5.97. The summed E-state index contributed by atoms with van der Waals surface area (Å²) < 4.78 is 10.4. The summed E-state index contributed by atoms with van der Waals surface area (Å²) in [5.74, 6) is -1.83. The summed E-state index contributed by atoms with van der Waals surface area (Å²) >= 11 is 0. The number of carbonyl (C=O) groups excluding carboxylic acids is 2. The van der Waals surface area contributed by atoms with Crippen LogP contribution < -0.4 is 10.6 Å². The van der Waals surface area contributed by atoms with Crippen LogP contribution in [0.2, 0.25) is 0 Å². The van der Waals surface area contributed by atoms with Crippen molar-refractivity contribution in [2.45, 2.75) is 37.8 Å². The number of rotatable bonds is 8. The van der Waals surface area contributed by atoms with E-state index in [-0.39, 0.29) is 36.2 Å². The quantitative estimate of drug-likeness (QED) is 0.453. The van der Waals surface area contributed by atoms with Crippen molar-refractivity contribution in [2.24, 2.45) is 5.92 Å². The highest BCUT2D eigenvalue weighted by atomic mass is 16.5. The molecule has 1 heterocycles. The molecule has 0 bridgehead atoms. The van der Waals surface area contributed by atoms with E-state index in [0.717, 1.165) is 47.8 Å². The molecule has 0 aliphatic heterocycles. The number of fused-ring (bicyclic) bond motifs is 3. The molecule has 1 saturated carbocycles. The number of ether oxygens (including phenoxy) is 1. The van der Waals surface area contributed by atoms with Gasteiger partial charge >= 0.3 is 12.1 Å². The molecule has 1 unspecified atom stereocenters. The number of nitrogens with zero attached hydrogens (tertiary/aromatic N) is 1. The standard InChI is InChI=1S/C26H25N3O6/c30-24(28-23(25(31)32)15-6-5-7-15)21-14-35-29-22(21)12-27-26(33)34-13-20-18-10-3-1-8-16(18)17-9-2-4-11-19(17)20/h1-4,8-11,14-15,20,23H,5-7,12-13H2,(H,27,33)(H,28,30)(H,31,32). The third-order valence-electron chi connectivity index (χ3n) is 6.81. The van der Waals surface area contributed by atoms with Gasteiger partial charge in [0.2, 0.25) is 0 Å². The second-order valence-electron chi connectivity index (χ2n) is 8.83. The van der Waals surface area contributed by atoms with E-state index in [1.54, 1.807) is 0 Å². The van der Waals surface area contributed by atoms with E-state index in [0.29, 0.717) is 0 Å². The molecule has 2 amide bonds. The average Bonchev–Trinajstić information content (AvgIpc) is 3.42. The van der Waals surface area contributed by atoms with Crippen LogP contribution >= 0.6 is 0 Å². The fourth-order valence-electron chi connectivity index (χ4n) is 4.75. The number of carboxylic acid groups (broad SMARTS) is 1. The first-order valence-corrected chi connectivity index (χ1v) is 11.6. The zero-order valence-corrected chi connectivity index (χ0v) is 18.9. The monoisotopic (exact) mass is 475 g/mol. The molecule has 3 aromatic rings. The Morgan fingerprint density at radius 1 is 1.06 bits per heavy atom. The van der Waals surface area contributed by atoms with Crippen LogP contribution in [0.3, 0.4) is 0 Å². The zero-order valence-electron chi connectivity index (χ0n) is 18.9. The zero-order chi connectivity index (χ0) is 24.4. The first-order valence-electron chi connectivity index (χ1n) is 11.6. The maximum atomic E-state index is 12.6. The molecule has 2 aliphatic carbocycles. The van der Waals surface area contributed by atoms with Gasteiger partial charge in [0.05, 0.1) is 6.54 Å². The van der Waals surface area contributed by atoms with Crippen LogP contribution in [0.15, 0.2) is 59.3 Å². The minimum absolute atomic E-state index is 0.0685. The van der Waals surface area contributed by atoms with Gasteiger partial charge in [-0.05, 0) is 41.0 Å². The molecule has 35 heavy (non-hydrogen) atoms. The fraction of sp³-hybridized carbons (Fsp3) is 0.308. The summed E-state index contributed by atoms with van der Waals surface area (Å²) in [5.41, 5.74) is 4.75. The van der Waals surface area contributed by atoms with Crippen molar-refractivity contribution in [2.75, 3.05) is 6.61 Å². The molecule has 1 aromatic heterocycles.